The lowest BCUT2D eigenvalue weighted by Crippen LogP contribution is -2.22. The van der Waals surface area contributed by atoms with Gasteiger partial charge in [-0.15, -0.1) is 0 Å². The van der Waals surface area contributed by atoms with E-state index in [2.05, 4.69) is 43.4 Å². The average Bonchev–Trinajstić information content (AvgIpc) is 2.43. The van der Waals surface area contributed by atoms with Crippen LogP contribution in [0.25, 0.3) is 0 Å². The lowest BCUT2D eigenvalue weighted by Gasteiger charge is -2.17. The molecule has 0 aliphatic carbocycles. The molecule has 0 aromatic heterocycles. The number of ether oxygens (including phenoxy) is 1. The first-order valence-corrected chi connectivity index (χ1v) is 7.15. The summed E-state index contributed by atoms with van der Waals surface area (Å²) >= 11 is 0. The highest BCUT2D eigenvalue weighted by atomic mass is 16.5. The molecule has 0 bridgehead atoms. The molecule has 0 amide bonds. The lowest BCUT2D eigenvalue weighted by atomic mass is 10.0. The zero-order chi connectivity index (χ0) is 13.2. The summed E-state index contributed by atoms with van der Waals surface area (Å²) in [6, 6.07) is 9.12. The maximum Gasteiger partial charge on any atom is 0.0661 e. The van der Waals surface area contributed by atoms with E-state index in [-0.39, 0.29) is 0 Å². The van der Waals surface area contributed by atoms with Gasteiger partial charge in [-0.05, 0) is 31.0 Å². The molecule has 1 aromatic rings. The molecule has 0 saturated heterocycles. The van der Waals surface area contributed by atoms with E-state index in [1.807, 2.05) is 7.05 Å². The van der Waals surface area contributed by atoms with Gasteiger partial charge in [-0.25, -0.2) is 0 Å². The van der Waals surface area contributed by atoms with Gasteiger partial charge in [0, 0.05) is 6.61 Å². The van der Waals surface area contributed by atoms with E-state index < -0.39 is 0 Å². The second kappa shape index (κ2) is 9.12. The first-order chi connectivity index (χ1) is 8.81. The topological polar surface area (TPSA) is 21.3 Å². The molecule has 0 saturated carbocycles. The lowest BCUT2D eigenvalue weighted by molar-refractivity contribution is 0.110. The average molecular weight is 249 g/mol. The predicted octanol–water partition coefficient (Wildman–Crippen LogP) is 3.72. The Balaban J connectivity index is 2.39. The van der Waals surface area contributed by atoms with Crippen molar-refractivity contribution in [3.8, 4) is 0 Å². The molecule has 2 nitrogen and oxygen atoms in total. The Morgan fingerprint density at radius 3 is 2.39 bits per heavy atom. The summed E-state index contributed by atoms with van der Waals surface area (Å²) in [5.74, 6) is 0. The Kier molecular flexibility index (Phi) is 7.70. The van der Waals surface area contributed by atoms with Crippen molar-refractivity contribution in [1.82, 2.24) is 5.32 Å². The highest BCUT2D eigenvalue weighted by molar-refractivity contribution is 5.25. The van der Waals surface area contributed by atoms with Crippen LogP contribution in [0.5, 0.6) is 0 Å². The third kappa shape index (κ3) is 5.19. The molecule has 0 radical (unpaired) electrons. The fourth-order valence-electron chi connectivity index (χ4n) is 1.99. The van der Waals surface area contributed by atoms with Gasteiger partial charge >= 0.3 is 0 Å². The van der Waals surface area contributed by atoms with E-state index in [0.717, 1.165) is 19.6 Å². The van der Waals surface area contributed by atoms with Crippen LogP contribution in [0.1, 0.15) is 50.3 Å². The Labute approximate surface area is 112 Å². The summed E-state index contributed by atoms with van der Waals surface area (Å²) in [6.45, 7) is 6.03. The van der Waals surface area contributed by atoms with E-state index in [9.17, 15) is 0 Å². The second-order valence-corrected chi connectivity index (χ2v) is 4.72. The Morgan fingerprint density at radius 2 is 1.83 bits per heavy atom. The van der Waals surface area contributed by atoms with Gasteiger partial charge in [0.1, 0.15) is 0 Å². The first-order valence-electron chi connectivity index (χ1n) is 7.15. The summed E-state index contributed by atoms with van der Waals surface area (Å²) in [6.07, 6.45) is 4.77. The molecule has 0 heterocycles. The summed E-state index contributed by atoms with van der Waals surface area (Å²) in [5.41, 5.74) is 2.70. The molecule has 0 aliphatic heterocycles. The van der Waals surface area contributed by atoms with Gasteiger partial charge in [-0.3, -0.25) is 0 Å². The molecule has 1 aromatic carbocycles. The van der Waals surface area contributed by atoms with Gasteiger partial charge in [0.25, 0.3) is 0 Å². The smallest absolute Gasteiger partial charge is 0.0661 e. The Morgan fingerprint density at radius 1 is 1.11 bits per heavy atom. The first kappa shape index (κ1) is 15.2. The normalized spacial score (nSPS) is 12.6. The molecular weight excluding hydrogens is 222 g/mol. The maximum absolute atomic E-state index is 5.74. The fourth-order valence-corrected chi connectivity index (χ4v) is 1.99. The molecule has 1 rings (SSSR count). The van der Waals surface area contributed by atoms with Gasteiger partial charge in [0.05, 0.1) is 12.6 Å². The highest BCUT2D eigenvalue weighted by Crippen LogP contribution is 2.14. The number of benzene rings is 1. The van der Waals surface area contributed by atoms with Crippen LogP contribution >= 0.6 is 0 Å². The number of aryl methyl sites for hydroxylation is 1. The van der Waals surface area contributed by atoms with E-state index in [1.54, 1.807) is 0 Å². The van der Waals surface area contributed by atoms with Crippen molar-refractivity contribution >= 4 is 0 Å². The zero-order valence-electron chi connectivity index (χ0n) is 12.0. The predicted molar refractivity (Wildman–Crippen MR) is 78.0 cm³/mol. The molecule has 1 unspecified atom stereocenters. The third-order valence-corrected chi connectivity index (χ3v) is 3.32. The molecule has 0 aliphatic rings. The highest BCUT2D eigenvalue weighted by Gasteiger charge is 2.08. The molecular formula is C16H27NO. The van der Waals surface area contributed by atoms with E-state index >= 15 is 0 Å². The standard InChI is InChI=1S/C16H27NO/c1-4-6-7-12-18-13-16(17-3)15-10-8-14(5-2)9-11-15/h8-11,16-17H,4-7,12-13H2,1-3H3. The molecule has 18 heavy (non-hydrogen) atoms. The molecule has 0 spiro atoms. The minimum atomic E-state index is 0.303. The van der Waals surface area contributed by atoms with Gasteiger partial charge < -0.3 is 10.1 Å². The molecule has 102 valence electrons. The monoisotopic (exact) mass is 249 g/mol. The molecule has 0 fully saturated rings. The zero-order valence-corrected chi connectivity index (χ0v) is 12.0. The quantitative estimate of drug-likeness (QED) is 0.674. The number of hydrogen-bond donors (Lipinski definition) is 1. The van der Waals surface area contributed by atoms with Crippen LogP contribution < -0.4 is 5.32 Å². The number of unbranched alkanes of at least 4 members (excludes halogenated alkanes) is 2. The van der Waals surface area contributed by atoms with Crippen LogP contribution in [0.3, 0.4) is 0 Å². The van der Waals surface area contributed by atoms with E-state index in [0.29, 0.717) is 6.04 Å². The van der Waals surface area contributed by atoms with Crippen molar-refractivity contribution in [2.45, 2.75) is 45.6 Å². The van der Waals surface area contributed by atoms with Crippen LogP contribution in [0.2, 0.25) is 0 Å². The Bertz CT molecular complexity index is 307. The molecule has 2 heteroatoms. The van der Waals surface area contributed by atoms with Crippen molar-refractivity contribution in [2.75, 3.05) is 20.3 Å². The molecule has 1 atom stereocenters. The van der Waals surface area contributed by atoms with E-state index in [1.165, 1.54) is 30.4 Å². The fraction of sp³-hybridized carbons (Fsp3) is 0.625. The van der Waals surface area contributed by atoms with Crippen molar-refractivity contribution in [3.63, 3.8) is 0 Å². The van der Waals surface area contributed by atoms with Crippen molar-refractivity contribution in [1.29, 1.82) is 0 Å². The van der Waals surface area contributed by atoms with Gasteiger partial charge in [0.2, 0.25) is 0 Å². The van der Waals surface area contributed by atoms with Crippen molar-refractivity contribution < 1.29 is 4.74 Å². The van der Waals surface area contributed by atoms with Crippen LogP contribution in [0.15, 0.2) is 24.3 Å². The summed E-state index contributed by atoms with van der Waals surface area (Å²) in [5, 5.41) is 3.32. The Hall–Kier alpha value is -0.860. The van der Waals surface area contributed by atoms with Crippen molar-refractivity contribution in [3.05, 3.63) is 35.4 Å². The minimum Gasteiger partial charge on any atom is -0.379 e. The van der Waals surface area contributed by atoms with Crippen LogP contribution in [0, 0.1) is 0 Å². The van der Waals surface area contributed by atoms with Gasteiger partial charge in [-0.1, -0.05) is 51.0 Å². The second-order valence-electron chi connectivity index (χ2n) is 4.72. The summed E-state index contributed by atoms with van der Waals surface area (Å²) in [4.78, 5) is 0. The van der Waals surface area contributed by atoms with Crippen LogP contribution in [-0.2, 0) is 11.2 Å². The minimum absolute atomic E-state index is 0.303. The number of likely N-dealkylation sites (N-methyl/N-ethyl adjacent to an activating group) is 1. The van der Waals surface area contributed by atoms with Gasteiger partial charge in [-0.2, -0.15) is 0 Å². The maximum atomic E-state index is 5.74. The van der Waals surface area contributed by atoms with E-state index in [4.69, 9.17) is 4.74 Å². The number of hydrogen-bond acceptors (Lipinski definition) is 2. The van der Waals surface area contributed by atoms with Crippen molar-refractivity contribution in [2.24, 2.45) is 0 Å². The third-order valence-electron chi connectivity index (χ3n) is 3.32. The summed E-state index contributed by atoms with van der Waals surface area (Å²) in [7, 11) is 1.99. The van der Waals surface area contributed by atoms with Crippen LogP contribution in [-0.4, -0.2) is 20.3 Å². The summed E-state index contributed by atoms with van der Waals surface area (Å²) < 4.78 is 5.74. The van der Waals surface area contributed by atoms with Gasteiger partial charge in [0.15, 0.2) is 0 Å². The number of nitrogens with one attached hydrogen (secondary N) is 1. The largest absolute Gasteiger partial charge is 0.379 e. The number of rotatable bonds is 9. The molecule has 1 N–H and O–H groups in total. The van der Waals surface area contributed by atoms with Crippen LogP contribution in [0.4, 0.5) is 0 Å². The SMILES string of the molecule is CCCCCOCC(NC)c1ccc(CC)cc1.